The van der Waals surface area contributed by atoms with Gasteiger partial charge in [-0.3, -0.25) is 0 Å². The van der Waals surface area contributed by atoms with Crippen LogP contribution in [-0.4, -0.2) is 0 Å². The number of para-hydroxylation sites is 2. The number of aryl methyl sites for hydroxylation is 1. The van der Waals surface area contributed by atoms with E-state index in [1.807, 2.05) is 66.7 Å². The highest BCUT2D eigenvalue weighted by atomic mass is 31.2. The van der Waals surface area contributed by atoms with E-state index in [9.17, 15) is 0 Å². The van der Waals surface area contributed by atoms with Crippen LogP contribution in [0.2, 0.25) is 0 Å². The lowest BCUT2D eigenvalue weighted by molar-refractivity contribution is 0.501. The Kier molecular flexibility index (Phi) is 5.87. The fraction of sp³-hybridized carbons (Fsp3) is 0.143. The van der Waals surface area contributed by atoms with E-state index in [1.54, 1.807) is 0 Å². The van der Waals surface area contributed by atoms with Crippen molar-refractivity contribution < 1.29 is 9.05 Å². The molecule has 0 amide bonds. The summed E-state index contributed by atoms with van der Waals surface area (Å²) in [6.07, 6.45) is 2.11. The minimum Gasteiger partial charge on any atom is -0.435 e. The van der Waals surface area contributed by atoms with Crippen LogP contribution in [0, 0.1) is 0 Å². The second-order valence-corrected chi connectivity index (χ2v) is 6.81. The molecular weight excluding hydrogens is 315 g/mol. The van der Waals surface area contributed by atoms with Crippen LogP contribution in [0.1, 0.15) is 18.9 Å². The van der Waals surface area contributed by atoms with E-state index in [2.05, 4.69) is 25.1 Å². The van der Waals surface area contributed by atoms with Crippen molar-refractivity contribution in [3.05, 3.63) is 90.5 Å². The van der Waals surface area contributed by atoms with E-state index >= 15 is 0 Å². The minimum absolute atomic E-state index is 0.825. The van der Waals surface area contributed by atoms with E-state index in [-0.39, 0.29) is 0 Å². The maximum absolute atomic E-state index is 6.23. The Morgan fingerprint density at radius 3 is 1.71 bits per heavy atom. The van der Waals surface area contributed by atoms with Gasteiger partial charge in [0.2, 0.25) is 0 Å². The molecule has 3 heteroatoms. The fourth-order valence-electron chi connectivity index (χ4n) is 2.44. The predicted octanol–water partition coefficient (Wildman–Crippen LogP) is 5.73. The van der Waals surface area contributed by atoms with Crippen molar-refractivity contribution >= 4 is 13.7 Å². The van der Waals surface area contributed by atoms with Gasteiger partial charge in [-0.15, -0.1) is 0 Å². The Labute approximate surface area is 145 Å². The molecule has 0 aromatic heterocycles. The molecule has 0 heterocycles. The monoisotopic (exact) mass is 336 g/mol. The van der Waals surface area contributed by atoms with E-state index < -0.39 is 8.38 Å². The normalized spacial score (nSPS) is 10.6. The molecular formula is C21H21O2P. The van der Waals surface area contributed by atoms with Crippen LogP contribution in [0.4, 0.5) is 0 Å². The van der Waals surface area contributed by atoms with Crippen LogP contribution in [-0.2, 0) is 6.42 Å². The number of hydrogen-bond donors (Lipinski definition) is 0. The number of hydrogen-bond acceptors (Lipinski definition) is 2. The zero-order valence-electron chi connectivity index (χ0n) is 13.8. The summed E-state index contributed by atoms with van der Waals surface area (Å²) in [7, 11) is -1.24. The third kappa shape index (κ3) is 4.37. The maximum Gasteiger partial charge on any atom is 0.326 e. The summed E-state index contributed by atoms with van der Waals surface area (Å²) >= 11 is 0. The summed E-state index contributed by atoms with van der Waals surface area (Å²) in [5.41, 5.74) is 1.29. The molecule has 0 spiro atoms. The molecule has 24 heavy (non-hydrogen) atoms. The van der Waals surface area contributed by atoms with Crippen LogP contribution < -0.4 is 14.4 Å². The largest absolute Gasteiger partial charge is 0.435 e. The van der Waals surface area contributed by atoms with Crippen molar-refractivity contribution in [2.45, 2.75) is 19.8 Å². The first-order valence-electron chi connectivity index (χ1n) is 8.21. The molecule has 0 aliphatic rings. The molecule has 2 nitrogen and oxygen atoms in total. The Bertz CT molecular complexity index is 703. The van der Waals surface area contributed by atoms with Crippen molar-refractivity contribution in [3.8, 4) is 11.5 Å². The fourth-order valence-corrected chi connectivity index (χ4v) is 3.93. The van der Waals surface area contributed by atoms with Gasteiger partial charge in [-0.05, 0) is 42.3 Å². The summed E-state index contributed by atoms with van der Waals surface area (Å²) < 4.78 is 12.5. The SMILES string of the molecule is CCCc1ccccc1P(Oc1ccccc1)Oc1ccccc1. The molecule has 0 saturated heterocycles. The molecule has 0 radical (unpaired) electrons. The summed E-state index contributed by atoms with van der Waals surface area (Å²) in [4.78, 5) is 0. The first-order valence-corrected chi connectivity index (χ1v) is 9.38. The first-order chi connectivity index (χ1) is 11.9. The quantitative estimate of drug-likeness (QED) is 0.513. The molecule has 122 valence electrons. The smallest absolute Gasteiger partial charge is 0.326 e. The minimum atomic E-state index is -1.24. The lowest BCUT2D eigenvalue weighted by Crippen LogP contribution is -2.15. The zero-order valence-corrected chi connectivity index (χ0v) is 14.7. The lowest BCUT2D eigenvalue weighted by atomic mass is 10.1. The average molecular weight is 336 g/mol. The average Bonchev–Trinajstić information content (AvgIpc) is 2.64. The topological polar surface area (TPSA) is 18.5 Å². The molecule has 3 aromatic carbocycles. The molecule has 0 bridgehead atoms. The van der Waals surface area contributed by atoms with E-state index in [0.717, 1.165) is 29.6 Å². The Morgan fingerprint density at radius 1 is 0.667 bits per heavy atom. The van der Waals surface area contributed by atoms with Crippen LogP contribution in [0.5, 0.6) is 11.5 Å². The van der Waals surface area contributed by atoms with Gasteiger partial charge in [0.25, 0.3) is 0 Å². The maximum atomic E-state index is 6.23. The van der Waals surface area contributed by atoms with Crippen LogP contribution in [0.15, 0.2) is 84.9 Å². The van der Waals surface area contributed by atoms with E-state index in [0.29, 0.717) is 0 Å². The highest BCUT2D eigenvalue weighted by Gasteiger charge is 2.21. The molecule has 3 rings (SSSR count). The summed E-state index contributed by atoms with van der Waals surface area (Å²) in [6.45, 7) is 2.19. The third-order valence-corrected chi connectivity index (χ3v) is 5.15. The summed E-state index contributed by atoms with van der Waals surface area (Å²) in [5.74, 6) is 1.65. The van der Waals surface area contributed by atoms with Gasteiger partial charge < -0.3 is 9.05 Å². The van der Waals surface area contributed by atoms with E-state index in [4.69, 9.17) is 9.05 Å². The Morgan fingerprint density at radius 2 is 1.17 bits per heavy atom. The van der Waals surface area contributed by atoms with Gasteiger partial charge in [0.15, 0.2) is 0 Å². The second kappa shape index (κ2) is 8.52. The predicted molar refractivity (Wildman–Crippen MR) is 101 cm³/mol. The highest BCUT2D eigenvalue weighted by Crippen LogP contribution is 2.40. The molecule has 0 unspecified atom stereocenters. The van der Waals surface area contributed by atoms with Crippen LogP contribution in [0.25, 0.3) is 0 Å². The van der Waals surface area contributed by atoms with Gasteiger partial charge in [0.05, 0.1) is 5.30 Å². The van der Waals surface area contributed by atoms with Gasteiger partial charge >= 0.3 is 8.38 Å². The second-order valence-electron chi connectivity index (χ2n) is 5.44. The summed E-state index contributed by atoms with van der Waals surface area (Å²) in [6, 6.07) is 28.1. The molecule has 0 N–H and O–H groups in total. The van der Waals surface area contributed by atoms with Gasteiger partial charge in [0.1, 0.15) is 11.5 Å². The van der Waals surface area contributed by atoms with Crippen molar-refractivity contribution in [2.75, 3.05) is 0 Å². The molecule has 3 aromatic rings. The van der Waals surface area contributed by atoms with Crippen molar-refractivity contribution in [3.63, 3.8) is 0 Å². The van der Waals surface area contributed by atoms with Crippen LogP contribution >= 0.6 is 8.38 Å². The Balaban J connectivity index is 1.92. The molecule has 0 aliphatic heterocycles. The highest BCUT2D eigenvalue weighted by molar-refractivity contribution is 7.56. The van der Waals surface area contributed by atoms with Gasteiger partial charge in [-0.1, -0.05) is 67.9 Å². The molecule has 0 aliphatic carbocycles. The van der Waals surface area contributed by atoms with Gasteiger partial charge in [0, 0.05) is 0 Å². The van der Waals surface area contributed by atoms with Crippen LogP contribution in [0.3, 0.4) is 0 Å². The lowest BCUT2D eigenvalue weighted by Gasteiger charge is -2.21. The molecule has 0 atom stereocenters. The third-order valence-electron chi connectivity index (χ3n) is 3.57. The molecule has 0 fully saturated rings. The van der Waals surface area contributed by atoms with Gasteiger partial charge in [-0.25, -0.2) is 0 Å². The number of rotatable bonds is 7. The standard InChI is InChI=1S/C21H21O2P/c1-2-11-18-12-9-10-17-21(18)24(22-19-13-5-3-6-14-19)23-20-15-7-4-8-16-20/h3-10,12-17H,2,11H2,1H3. The molecule has 0 saturated carbocycles. The van der Waals surface area contributed by atoms with Crippen molar-refractivity contribution in [1.82, 2.24) is 0 Å². The number of benzene rings is 3. The first kappa shape index (κ1) is 16.5. The van der Waals surface area contributed by atoms with Crippen molar-refractivity contribution in [2.24, 2.45) is 0 Å². The van der Waals surface area contributed by atoms with Gasteiger partial charge in [-0.2, -0.15) is 0 Å². The summed E-state index contributed by atoms with van der Waals surface area (Å²) in [5, 5.41) is 1.14. The zero-order chi connectivity index (χ0) is 16.6. The Hall–Kier alpha value is -2.31. The van der Waals surface area contributed by atoms with Crippen molar-refractivity contribution in [1.29, 1.82) is 0 Å². The van der Waals surface area contributed by atoms with E-state index in [1.165, 1.54) is 5.56 Å².